The van der Waals surface area contributed by atoms with Gasteiger partial charge in [0.15, 0.2) is 0 Å². The van der Waals surface area contributed by atoms with Gasteiger partial charge in [-0.3, -0.25) is 4.79 Å². The van der Waals surface area contributed by atoms with Crippen LogP contribution in [0.2, 0.25) is 0 Å². The number of carbonyl (C=O) groups is 1. The molecule has 1 saturated heterocycles. The highest BCUT2D eigenvalue weighted by Crippen LogP contribution is 2.22. The molecule has 3 heteroatoms. The van der Waals surface area contributed by atoms with E-state index in [1.54, 1.807) is 0 Å². The molecule has 0 radical (unpaired) electrons. The number of likely N-dealkylation sites (tertiary alicyclic amines) is 1. The smallest absolute Gasteiger partial charge is 0.222 e. The number of amides is 1. The number of hydrogen-bond donors (Lipinski definition) is 0. The van der Waals surface area contributed by atoms with E-state index < -0.39 is 0 Å². The lowest BCUT2D eigenvalue weighted by Crippen LogP contribution is -2.26. The first-order chi connectivity index (χ1) is 6.77. The zero-order valence-electron chi connectivity index (χ0n) is 8.83. The molecule has 1 unspecified atom stereocenters. The summed E-state index contributed by atoms with van der Waals surface area (Å²) < 4.78 is 0. The third-order valence-corrected chi connectivity index (χ3v) is 2.71. The van der Waals surface area contributed by atoms with Gasteiger partial charge in [0.25, 0.3) is 0 Å². The summed E-state index contributed by atoms with van der Waals surface area (Å²) in [5.74, 6) is 0.843. The second-order valence-electron chi connectivity index (χ2n) is 3.96. The van der Waals surface area contributed by atoms with Crippen LogP contribution in [0.1, 0.15) is 39.0 Å². The Hall–Kier alpha value is -1.04. The molecule has 1 rings (SSSR count). The van der Waals surface area contributed by atoms with Crippen molar-refractivity contribution in [3.8, 4) is 6.07 Å². The zero-order valence-corrected chi connectivity index (χ0v) is 8.83. The van der Waals surface area contributed by atoms with Gasteiger partial charge < -0.3 is 4.90 Å². The van der Waals surface area contributed by atoms with E-state index in [1.165, 1.54) is 0 Å². The molecule has 14 heavy (non-hydrogen) atoms. The molecule has 3 nitrogen and oxygen atoms in total. The Labute approximate surface area is 85.7 Å². The van der Waals surface area contributed by atoms with Crippen LogP contribution >= 0.6 is 0 Å². The van der Waals surface area contributed by atoms with Gasteiger partial charge in [-0.25, -0.2) is 0 Å². The normalized spacial score (nSPS) is 21.3. The van der Waals surface area contributed by atoms with Gasteiger partial charge in [0.05, 0.1) is 6.07 Å². The summed E-state index contributed by atoms with van der Waals surface area (Å²) in [5, 5.41) is 8.39. The molecule has 1 aliphatic heterocycles. The minimum Gasteiger partial charge on any atom is -0.342 e. The Morgan fingerprint density at radius 3 is 3.07 bits per heavy atom. The number of rotatable bonds is 5. The zero-order chi connectivity index (χ0) is 10.4. The van der Waals surface area contributed by atoms with Gasteiger partial charge in [0, 0.05) is 25.9 Å². The molecule has 0 aromatic rings. The van der Waals surface area contributed by atoms with Crippen LogP contribution in [0.4, 0.5) is 0 Å². The molecule has 1 atom stereocenters. The van der Waals surface area contributed by atoms with Gasteiger partial charge in [0.2, 0.25) is 5.91 Å². The number of nitrogens with zero attached hydrogens (tertiary/aromatic N) is 2. The van der Waals surface area contributed by atoms with Crippen LogP contribution in [0.15, 0.2) is 0 Å². The van der Waals surface area contributed by atoms with Crippen molar-refractivity contribution < 1.29 is 4.79 Å². The standard InChI is InChI=1S/C11H18N2O/c1-2-5-10-8-11(14)13(9-10)7-4-3-6-12/h10H,2-5,7-9H2,1H3. The van der Waals surface area contributed by atoms with Crippen LogP contribution in [-0.2, 0) is 4.79 Å². The lowest BCUT2D eigenvalue weighted by Gasteiger charge is -2.15. The number of hydrogen-bond acceptors (Lipinski definition) is 2. The molecule has 0 aliphatic carbocycles. The van der Waals surface area contributed by atoms with E-state index in [4.69, 9.17) is 5.26 Å². The first kappa shape index (κ1) is 11.0. The highest BCUT2D eigenvalue weighted by atomic mass is 16.2. The van der Waals surface area contributed by atoms with Crippen molar-refractivity contribution in [2.24, 2.45) is 5.92 Å². The summed E-state index contributed by atoms with van der Waals surface area (Å²) in [6.45, 7) is 3.84. The van der Waals surface area contributed by atoms with Crippen molar-refractivity contribution in [2.75, 3.05) is 13.1 Å². The van der Waals surface area contributed by atoms with Crippen molar-refractivity contribution >= 4 is 5.91 Å². The van der Waals surface area contributed by atoms with E-state index in [1.807, 2.05) is 4.90 Å². The number of unbranched alkanes of at least 4 members (excludes halogenated alkanes) is 1. The maximum atomic E-state index is 11.5. The molecule has 0 aromatic heterocycles. The van der Waals surface area contributed by atoms with Gasteiger partial charge in [-0.2, -0.15) is 5.26 Å². The summed E-state index contributed by atoms with van der Waals surface area (Å²) in [6.07, 6.45) is 4.41. The largest absolute Gasteiger partial charge is 0.342 e. The molecule has 1 amide bonds. The average molecular weight is 194 g/mol. The third kappa shape index (κ3) is 3.02. The van der Waals surface area contributed by atoms with E-state index >= 15 is 0 Å². The number of carbonyl (C=O) groups excluding carboxylic acids is 1. The SMILES string of the molecule is CCCC1CC(=O)N(CCCC#N)C1. The highest BCUT2D eigenvalue weighted by Gasteiger charge is 2.27. The molecule has 0 bridgehead atoms. The minimum atomic E-state index is 0.279. The second-order valence-corrected chi connectivity index (χ2v) is 3.96. The summed E-state index contributed by atoms with van der Waals surface area (Å²) in [6, 6.07) is 2.10. The van der Waals surface area contributed by atoms with Crippen LogP contribution in [-0.4, -0.2) is 23.9 Å². The van der Waals surface area contributed by atoms with Crippen molar-refractivity contribution in [3.05, 3.63) is 0 Å². The monoisotopic (exact) mass is 194 g/mol. The topological polar surface area (TPSA) is 44.1 Å². The van der Waals surface area contributed by atoms with Gasteiger partial charge in [-0.05, 0) is 18.8 Å². The van der Waals surface area contributed by atoms with E-state index in [9.17, 15) is 4.79 Å². The highest BCUT2D eigenvalue weighted by molar-refractivity contribution is 5.78. The Kier molecular flexibility index (Phi) is 4.45. The molecule has 1 aliphatic rings. The van der Waals surface area contributed by atoms with Gasteiger partial charge in [-0.1, -0.05) is 13.3 Å². The molecule has 78 valence electrons. The minimum absolute atomic E-state index is 0.279. The molecule has 1 heterocycles. The van der Waals surface area contributed by atoms with Crippen molar-refractivity contribution in [1.29, 1.82) is 5.26 Å². The van der Waals surface area contributed by atoms with Gasteiger partial charge >= 0.3 is 0 Å². The first-order valence-corrected chi connectivity index (χ1v) is 5.42. The predicted octanol–water partition coefficient (Wildman–Crippen LogP) is 1.94. The molecule has 1 fully saturated rings. The molecule has 0 N–H and O–H groups in total. The summed E-state index contributed by atoms with van der Waals surface area (Å²) >= 11 is 0. The Morgan fingerprint density at radius 1 is 1.64 bits per heavy atom. The van der Waals surface area contributed by atoms with Crippen molar-refractivity contribution in [2.45, 2.75) is 39.0 Å². The predicted molar refractivity (Wildman–Crippen MR) is 54.4 cm³/mol. The lowest BCUT2D eigenvalue weighted by molar-refractivity contribution is -0.127. The fraction of sp³-hybridized carbons (Fsp3) is 0.818. The summed E-state index contributed by atoms with van der Waals surface area (Å²) in [7, 11) is 0. The third-order valence-electron chi connectivity index (χ3n) is 2.71. The Balaban J connectivity index is 2.26. The second kappa shape index (κ2) is 5.64. The number of nitriles is 1. The van der Waals surface area contributed by atoms with Crippen molar-refractivity contribution in [1.82, 2.24) is 4.90 Å². The van der Waals surface area contributed by atoms with Crippen LogP contribution in [0.3, 0.4) is 0 Å². The molecule has 0 aromatic carbocycles. The van der Waals surface area contributed by atoms with Crippen LogP contribution in [0.5, 0.6) is 0 Å². The van der Waals surface area contributed by atoms with E-state index in [-0.39, 0.29) is 5.91 Å². The molecule has 0 spiro atoms. The molecular weight excluding hydrogens is 176 g/mol. The maximum absolute atomic E-state index is 11.5. The van der Waals surface area contributed by atoms with Crippen LogP contribution in [0, 0.1) is 17.2 Å². The fourth-order valence-corrected chi connectivity index (χ4v) is 2.02. The average Bonchev–Trinajstić information content (AvgIpc) is 2.48. The van der Waals surface area contributed by atoms with Crippen molar-refractivity contribution in [3.63, 3.8) is 0 Å². The summed E-state index contributed by atoms with van der Waals surface area (Å²) in [4.78, 5) is 13.4. The van der Waals surface area contributed by atoms with Gasteiger partial charge in [0.1, 0.15) is 0 Å². The van der Waals surface area contributed by atoms with Gasteiger partial charge in [-0.15, -0.1) is 0 Å². The Morgan fingerprint density at radius 2 is 2.43 bits per heavy atom. The van der Waals surface area contributed by atoms with E-state index in [0.717, 1.165) is 38.8 Å². The van der Waals surface area contributed by atoms with E-state index in [0.29, 0.717) is 12.3 Å². The van der Waals surface area contributed by atoms with E-state index in [2.05, 4.69) is 13.0 Å². The van der Waals surface area contributed by atoms with Crippen LogP contribution < -0.4 is 0 Å². The molecular formula is C11H18N2O. The molecule has 0 saturated carbocycles. The fourth-order valence-electron chi connectivity index (χ4n) is 2.02. The maximum Gasteiger partial charge on any atom is 0.222 e. The Bertz CT molecular complexity index is 232. The quantitative estimate of drug-likeness (QED) is 0.628. The lowest BCUT2D eigenvalue weighted by atomic mass is 10.0. The first-order valence-electron chi connectivity index (χ1n) is 5.42. The van der Waals surface area contributed by atoms with Crippen LogP contribution in [0.25, 0.3) is 0 Å². The summed E-state index contributed by atoms with van der Waals surface area (Å²) in [5.41, 5.74) is 0.